The first-order chi connectivity index (χ1) is 6.79. The van der Waals surface area contributed by atoms with Crippen molar-refractivity contribution >= 4 is 19.9 Å². The minimum Gasteiger partial charge on any atom is -0.395 e. The Morgan fingerprint density at radius 1 is 1.47 bits per heavy atom. The van der Waals surface area contributed by atoms with Crippen LogP contribution in [-0.2, 0) is 19.9 Å². The molecule has 0 aromatic carbocycles. The molecule has 0 aromatic rings. The van der Waals surface area contributed by atoms with Crippen LogP contribution in [0.15, 0.2) is 0 Å². The molecule has 0 bridgehead atoms. The lowest BCUT2D eigenvalue weighted by Gasteiger charge is -2.19. The third-order valence-corrected chi connectivity index (χ3v) is 6.74. The highest BCUT2D eigenvalue weighted by atomic mass is 32.2. The van der Waals surface area contributed by atoms with Gasteiger partial charge < -0.3 is 5.11 Å². The normalized spacial score (nSPS) is 25.9. The van der Waals surface area contributed by atoms with Crippen molar-refractivity contribution in [3.8, 4) is 0 Å². The summed E-state index contributed by atoms with van der Waals surface area (Å²) in [7, 11) is -5.43. The zero-order valence-electron chi connectivity index (χ0n) is 8.46. The number of aliphatic hydroxyl groups is 1. The molecule has 1 aliphatic rings. The number of hydrogen-bond acceptors (Lipinski definition) is 5. The molecule has 1 rings (SSSR count). The van der Waals surface area contributed by atoms with Gasteiger partial charge >= 0.3 is 0 Å². The fraction of sp³-hybridized carbons (Fsp3) is 1.00. The summed E-state index contributed by atoms with van der Waals surface area (Å²) in [6.45, 7) is -0.270. The van der Waals surface area contributed by atoms with Gasteiger partial charge in [-0.2, -0.15) is 0 Å². The molecular formula is C7H15NO5S2. The number of aliphatic hydroxyl groups excluding tert-OH is 1. The lowest BCUT2D eigenvalue weighted by molar-refractivity contribution is 0.266. The quantitative estimate of drug-likeness (QED) is 0.657. The second kappa shape index (κ2) is 4.36. The van der Waals surface area contributed by atoms with Crippen LogP contribution in [0.3, 0.4) is 0 Å². The fourth-order valence-corrected chi connectivity index (χ4v) is 5.78. The summed E-state index contributed by atoms with van der Waals surface area (Å²) in [5.74, 6) is -0.366. The lowest BCUT2D eigenvalue weighted by atomic mass is 10.4. The average Bonchev–Trinajstić information content (AvgIpc) is 2.47. The van der Waals surface area contributed by atoms with Crippen molar-refractivity contribution in [2.24, 2.45) is 0 Å². The lowest BCUT2D eigenvalue weighted by Crippen LogP contribution is -2.38. The molecule has 1 unspecified atom stereocenters. The van der Waals surface area contributed by atoms with Gasteiger partial charge in [-0.15, -0.1) is 0 Å². The topological polar surface area (TPSA) is 91.8 Å². The van der Waals surface area contributed by atoms with Crippen molar-refractivity contribution in [1.82, 2.24) is 4.31 Å². The number of hydrogen-bond donors (Lipinski definition) is 1. The molecule has 0 saturated carbocycles. The number of sulfonamides is 1. The molecule has 0 spiro atoms. The van der Waals surface area contributed by atoms with Crippen LogP contribution in [0.4, 0.5) is 0 Å². The van der Waals surface area contributed by atoms with E-state index in [2.05, 4.69) is 0 Å². The van der Waals surface area contributed by atoms with Crippen molar-refractivity contribution < 1.29 is 21.9 Å². The van der Waals surface area contributed by atoms with Gasteiger partial charge in [-0.1, -0.05) is 0 Å². The van der Waals surface area contributed by atoms with Crippen LogP contribution in [0.2, 0.25) is 0 Å². The first-order valence-electron chi connectivity index (χ1n) is 4.56. The summed E-state index contributed by atoms with van der Waals surface area (Å²) in [5.41, 5.74) is 0. The Morgan fingerprint density at radius 3 is 2.47 bits per heavy atom. The monoisotopic (exact) mass is 257 g/mol. The van der Waals surface area contributed by atoms with E-state index in [9.17, 15) is 16.8 Å². The summed E-state index contributed by atoms with van der Waals surface area (Å²) in [5, 5.41) is 7.77. The maximum atomic E-state index is 11.8. The van der Waals surface area contributed by atoms with Crippen LogP contribution < -0.4 is 0 Å². The SMILES string of the molecule is CN(CCO)S(=O)(=O)C1CCS(=O)(=O)C1. The summed E-state index contributed by atoms with van der Waals surface area (Å²) in [6.07, 6.45) is 0.153. The van der Waals surface area contributed by atoms with Gasteiger partial charge in [0, 0.05) is 13.6 Å². The second-order valence-corrected chi connectivity index (χ2v) is 8.16. The molecule has 0 radical (unpaired) electrons. The molecule has 90 valence electrons. The molecule has 1 N–H and O–H groups in total. The summed E-state index contributed by atoms with van der Waals surface area (Å²) >= 11 is 0. The van der Waals surface area contributed by atoms with Crippen LogP contribution in [0.5, 0.6) is 0 Å². The number of sulfone groups is 1. The van der Waals surface area contributed by atoms with Crippen molar-refractivity contribution in [2.75, 3.05) is 31.7 Å². The molecule has 1 heterocycles. The largest absolute Gasteiger partial charge is 0.395 e. The third-order valence-electron chi connectivity index (χ3n) is 2.46. The van der Waals surface area contributed by atoms with Gasteiger partial charge in [0.05, 0.1) is 23.4 Å². The van der Waals surface area contributed by atoms with Crippen molar-refractivity contribution in [3.05, 3.63) is 0 Å². The summed E-state index contributed by atoms with van der Waals surface area (Å²) in [6, 6.07) is 0. The van der Waals surface area contributed by atoms with Gasteiger partial charge in [-0.3, -0.25) is 0 Å². The first kappa shape index (κ1) is 12.9. The van der Waals surface area contributed by atoms with E-state index in [0.717, 1.165) is 4.31 Å². The Hall–Kier alpha value is -0.180. The highest BCUT2D eigenvalue weighted by Gasteiger charge is 2.38. The summed E-state index contributed by atoms with van der Waals surface area (Å²) in [4.78, 5) is 0. The Morgan fingerprint density at radius 2 is 2.07 bits per heavy atom. The van der Waals surface area contributed by atoms with E-state index in [1.807, 2.05) is 0 Å². The smallest absolute Gasteiger partial charge is 0.217 e. The van der Waals surface area contributed by atoms with E-state index in [0.29, 0.717) is 0 Å². The van der Waals surface area contributed by atoms with Gasteiger partial charge in [-0.05, 0) is 6.42 Å². The van der Waals surface area contributed by atoms with Gasteiger partial charge in [-0.25, -0.2) is 21.1 Å². The minimum absolute atomic E-state index is 0.00111. The second-order valence-electron chi connectivity index (χ2n) is 3.62. The van der Waals surface area contributed by atoms with E-state index in [1.165, 1.54) is 7.05 Å². The highest BCUT2D eigenvalue weighted by molar-refractivity contribution is 7.95. The summed E-state index contributed by atoms with van der Waals surface area (Å²) < 4.78 is 46.8. The maximum absolute atomic E-state index is 11.8. The Balaban J connectivity index is 2.81. The van der Waals surface area contributed by atoms with Crippen LogP contribution in [0.25, 0.3) is 0 Å². The molecule has 1 fully saturated rings. The number of nitrogens with zero attached hydrogens (tertiary/aromatic N) is 1. The Kier molecular flexibility index (Phi) is 3.75. The zero-order chi connectivity index (χ0) is 11.7. The first-order valence-corrected chi connectivity index (χ1v) is 7.88. The molecule has 1 saturated heterocycles. The van der Waals surface area contributed by atoms with Crippen molar-refractivity contribution in [2.45, 2.75) is 11.7 Å². The number of rotatable bonds is 4. The highest BCUT2D eigenvalue weighted by Crippen LogP contribution is 2.20. The minimum atomic E-state index is -3.58. The van der Waals surface area contributed by atoms with Gasteiger partial charge in [0.25, 0.3) is 0 Å². The van der Waals surface area contributed by atoms with Gasteiger partial charge in [0.1, 0.15) is 0 Å². The predicted octanol–water partition coefficient (Wildman–Crippen LogP) is -1.57. The van der Waals surface area contributed by atoms with E-state index in [1.54, 1.807) is 0 Å². The number of likely N-dealkylation sites (N-methyl/N-ethyl adjacent to an activating group) is 1. The van der Waals surface area contributed by atoms with Gasteiger partial charge in [0.2, 0.25) is 10.0 Å². The fourth-order valence-electron chi connectivity index (χ4n) is 1.52. The predicted molar refractivity (Wildman–Crippen MR) is 55.7 cm³/mol. The molecule has 0 aromatic heterocycles. The van der Waals surface area contributed by atoms with Crippen molar-refractivity contribution in [1.29, 1.82) is 0 Å². The van der Waals surface area contributed by atoms with Crippen LogP contribution in [0.1, 0.15) is 6.42 Å². The molecule has 8 heteroatoms. The molecule has 6 nitrogen and oxygen atoms in total. The van der Waals surface area contributed by atoms with E-state index in [-0.39, 0.29) is 31.1 Å². The van der Waals surface area contributed by atoms with E-state index in [4.69, 9.17) is 5.11 Å². The zero-order valence-corrected chi connectivity index (χ0v) is 10.1. The molecule has 15 heavy (non-hydrogen) atoms. The molecule has 1 atom stereocenters. The van der Waals surface area contributed by atoms with Crippen molar-refractivity contribution in [3.63, 3.8) is 0 Å². The molecule has 1 aliphatic heterocycles. The van der Waals surface area contributed by atoms with E-state index < -0.39 is 25.1 Å². The maximum Gasteiger partial charge on any atom is 0.217 e. The molecule has 0 amide bonds. The Labute approximate surface area is 89.9 Å². The van der Waals surface area contributed by atoms with Gasteiger partial charge in [0.15, 0.2) is 9.84 Å². The molecular weight excluding hydrogens is 242 g/mol. The van der Waals surface area contributed by atoms with Crippen LogP contribution >= 0.6 is 0 Å². The van der Waals surface area contributed by atoms with Crippen LogP contribution in [0, 0.1) is 0 Å². The van der Waals surface area contributed by atoms with Crippen LogP contribution in [-0.4, -0.2) is 63.2 Å². The standard InChI is InChI=1S/C7H15NO5S2/c1-8(3-4-9)15(12,13)7-2-5-14(10,11)6-7/h7,9H,2-6H2,1H3. The Bertz CT molecular complexity index is 413. The molecule has 0 aliphatic carbocycles. The average molecular weight is 257 g/mol. The van der Waals surface area contributed by atoms with E-state index >= 15 is 0 Å². The third kappa shape index (κ3) is 2.90.